The Morgan fingerprint density at radius 2 is 2.12 bits per heavy atom. The summed E-state index contributed by atoms with van der Waals surface area (Å²) in [5.41, 5.74) is 0. The molecule has 0 bridgehead atoms. The number of aliphatic hydroxyl groups excluding tert-OH is 1. The van der Waals surface area contributed by atoms with Crippen LogP contribution in [-0.2, 0) is 17.1 Å². The van der Waals surface area contributed by atoms with Crippen molar-refractivity contribution in [1.29, 1.82) is 0 Å². The highest BCUT2D eigenvalue weighted by Crippen LogP contribution is 2.10. The maximum atomic E-state index is 12.0. The molecule has 1 aromatic heterocycles. The number of sulfonamides is 1. The lowest BCUT2D eigenvalue weighted by atomic mass is 10.1. The Bertz CT molecular complexity index is 459. The Hall–Kier alpha value is -0.920. The molecule has 0 saturated heterocycles. The predicted molar refractivity (Wildman–Crippen MR) is 64.0 cm³/mol. The van der Waals surface area contributed by atoms with Crippen molar-refractivity contribution >= 4 is 10.0 Å². The predicted octanol–water partition coefficient (Wildman–Crippen LogP) is 0.0237. The topological polar surface area (TPSA) is 84.2 Å². The van der Waals surface area contributed by atoms with Crippen LogP contribution in [0.2, 0.25) is 0 Å². The maximum Gasteiger partial charge on any atom is 0.259 e. The van der Waals surface area contributed by atoms with Gasteiger partial charge in [0.1, 0.15) is 5.82 Å². The number of hydrogen-bond acceptors (Lipinski definition) is 4. The van der Waals surface area contributed by atoms with Crippen LogP contribution in [0.3, 0.4) is 0 Å². The van der Waals surface area contributed by atoms with Crippen LogP contribution in [0.4, 0.5) is 0 Å². The molecule has 0 fully saturated rings. The summed E-state index contributed by atoms with van der Waals surface area (Å²) in [6.07, 6.45) is 1.45. The molecule has 0 radical (unpaired) electrons. The van der Waals surface area contributed by atoms with Gasteiger partial charge >= 0.3 is 0 Å². The monoisotopic (exact) mass is 261 g/mol. The fraction of sp³-hybridized carbons (Fsp3) is 0.700. The average molecular weight is 261 g/mol. The number of nitrogens with zero attached hydrogens (tertiary/aromatic N) is 2. The molecule has 17 heavy (non-hydrogen) atoms. The summed E-state index contributed by atoms with van der Waals surface area (Å²) < 4.78 is 28.0. The summed E-state index contributed by atoms with van der Waals surface area (Å²) >= 11 is 0. The zero-order chi connectivity index (χ0) is 13.2. The van der Waals surface area contributed by atoms with Gasteiger partial charge in [-0.05, 0) is 12.8 Å². The van der Waals surface area contributed by atoms with Crippen molar-refractivity contribution < 1.29 is 13.5 Å². The Morgan fingerprint density at radius 1 is 1.53 bits per heavy atom. The molecule has 1 heterocycles. The van der Waals surface area contributed by atoms with E-state index in [0.29, 0.717) is 5.82 Å². The van der Waals surface area contributed by atoms with Crippen LogP contribution in [0.25, 0.3) is 0 Å². The molecule has 2 N–H and O–H groups in total. The van der Waals surface area contributed by atoms with E-state index in [9.17, 15) is 8.42 Å². The lowest BCUT2D eigenvalue weighted by Crippen LogP contribution is -2.41. The van der Waals surface area contributed by atoms with Gasteiger partial charge in [0.25, 0.3) is 10.0 Å². The van der Waals surface area contributed by atoms with Crippen molar-refractivity contribution in [2.24, 2.45) is 13.0 Å². The Balaban J connectivity index is 2.96. The minimum Gasteiger partial charge on any atom is -0.395 e. The van der Waals surface area contributed by atoms with Gasteiger partial charge in [-0.25, -0.2) is 18.1 Å². The van der Waals surface area contributed by atoms with Crippen molar-refractivity contribution in [3.8, 4) is 0 Å². The van der Waals surface area contributed by atoms with Crippen LogP contribution in [0.15, 0.2) is 11.2 Å². The fourth-order valence-corrected chi connectivity index (χ4v) is 2.71. The van der Waals surface area contributed by atoms with Crippen molar-refractivity contribution in [3.63, 3.8) is 0 Å². The third-order valence-corrected chi connectivity index (χ3v) is 4.03. The number of imidazole rings is 1. The largest absolute Gasteiger partial charge is 0.395 e. The van der Waals surface area contributed by atoms with Crippen LogP contribution in [0.5, 0.6) is 0 Å². The molecule has 0 aliphatic heterocycles. The number of aliphatic hydroxyl groups is 1. The summed E-state index contributed by atoms with van der Waals surface area (Å²) in [7, 11) is -1.93. The van der Waals surface area contributed by atoms with Gasteiger partial charge in [-0.3, -0.25) is 0 Å². The van der Waals surface area contributed by atoms with E-state index < -0.39 is 16.1 Å². The first-order valence-corrected chi connectivity index (χ1v) is 6.89. The van der Waals surface area contributed by atoms with E-state index in [1.807, 2.05) is 13.8 Å². The van der Waals surface area contributed by atoms with E-state index in [1.54, 1.807) is 18.5 Å². The van der Waals surface area contributed by atoms with Gasteiger partial charge in [0.15, 0.2) is 5.03 Å². The molecule has 7 heteroatoms. The van der Waals surface area contributed by atoms with Gasteiger partial charge in [-0.1, -0.05) is 13.8 Å². The first kappa shape index (κ1) is 14.1. The van der Waals surface area contributed by atoms with Gasteiger partial charge in [0.2, 0.25) is 0 Å². The summed E-state index contributed by atoms with van der Waals surface area (Å²) in [5, 5.41) is 9.10. The standard InChI is InChI=1S/C10H19N3O3S/c1-7(2)9(6-14)12-17(15,16)10-5-13(4)8(3)11-10/h5,7,9,12,14H,6H2,1-4H3/t9-/m1/s1. The van der Waals surface area contributed by atoms with Crippen LogP contribution in [0.1, 0.15) is 19.7 Å². The minimum absolute atomic E-state index is 0.0135. The third kappa shape index (κ3) is 3.27. The van der Waals surface area contributed by atoms with Crippen LogP contribution in [0, 0.1) is 12.8 Å². The van der Waals surface area contributed by atoms with E-state index in [2.05, 4.69) is 9.71 Å². The van der Waals surface area contributed by atoms with E-state index in [-0.39, 0.29) is 17.6 Å². The molecular weight excluding hydrogens is 242 g/mol. The smallest absolute Gasteiger partial charge is 0.259 e. The number of aromatic nitrogens is 2. The van der Waals surface area contributed by atoms with E-state index in [4.69, 9.17) is 5.11 Å². The second kappa shape index (κ2) is 5.16. The molecule has 0 aliphatic carbocycles. The number of hydrogen-bond donors (Lipinski definition) is 2. The van der Waals surface area contributed by atoms with Crippen LogP contribution >= 0.6 is 0 Å². The third-order valence-electron chi connectivity index (χ3n) is 2.67. The van der Waals surface area contributed by atoms with Crippen molar-refractivity contribution in [2.75, 3.05) is 6.61 Å². The van der Waals surface area contributed by atoms with E-state index in [1.165, 1.54) is 6.20 Å². The van der Waals surface area contributed by atoms with Gasteiger partial charge in [-0.15, -0.1) is 0 Å². The van der Waals surface area contributed by atoms with Gasteiger partial charge < -0.3 is 9.67 Å². The summed E-state index contributed by atoms with van der Waals surface area (Å²) in [4.78, 5) is 3.96. The normalized spacial score (nSPS) is 14.2. The molecule has 1 rings (SSSR count). The molecule has 0 amide bonds. The molecular formula is C10H19N3O3S. The van der Waals surface area contributed by atoms with Gasteiger partial charge in [0.05, 0.1) is 6.61 Å². The molecule has 0 saturated carbocycles. The number of nitrogens with one attached hydrogen (secondary N) is 1. The lowest BCUT2D eigenvalue weighted by molar-refractivity contribution is 0.227. The lowest BCUT2D eigenvalue weighted by Gasteiger charge is -2.18. The second-order valence-electron chi connectivity index (χ2n) is 4.39. The molecule has 0 spiro atoms. The van der Waals surface area contributed by atoms with Gasteiger partial charge in [-0.2, -0.15) is 0 Å². The molecule has 0 aliphatic rings. The quantitative estimate of drug-likeness (QED) is 0.783. The molecule has 0 unspecified atom stereocenters. The fourth-order valence-electron chi connectivity index (χ4n) is 1.30. The molecule has 0 aromatic carbocycles. The highest BCUT2D eigenvalue weighted by molar-refractivity contribution is 7.89. The van der Waals surface area contributed by atoms with E-state index in [0.717, 1.165) is 0 Å². The van der Waals surface area contributed by atoms with Crippen LogP contribution < -0.4 is 4.72 Å². The van der Waals surface area contributed by atoms with Crippen LogP contribution in [-0.4, -0.2) is 35.7 Å². The second-order valence-corrected chi connectivity index (χ2v) is 6.05. The first-order valence-electron chi connectivity index (χ1n) is 5.41. The minimum atomic E-state index is -3.66. The summed E-state index contributed by atoms with van der Waals surface area (Å²) in [6.45, 7) is 5.17. The first-order chi connectivity index (χ1) is 7.77. The molecule has 6 nitrogen and oxygen atoms in total. The molecule has 98 valence electrons. The Labute approximate surface area is 102 Å². The molecule has 1 atom stereocenters. The average Bonchev–Trinajstić information content (AvgIpc) is 2.56. The highest BCUT2D eigenvalue weighted by Gasteiger charge is 2.24. The van der Waals surface area contributed by atoms with Crippen molar-refractivity contribution in [2.45, 2.75) is 31.8 Å². The summed E-state index contributed by atoms with van der Waals surface area (Å²) in [6, 6.07) is -0.498. The van der Waals surface area contributed by atoms with Crippen molar-refractivity contribution in [1.82, 2.24) is 14.3 Å². The summed E-state index contributed by atoms with van der Waals surface area (Å²) in [5.74, 6) is 0.634. The number of aryl methyl sites for hydroxylation is 2. The Morgan fingerprint density at radius 3 is 2.47 bits per heavy atom. The highest BCUT2D eigenvalue weighted by atomic mass is 32.2. The zero-order valence-corrected chi connectivity index (χ0v) is 11.3. The Kier molecular flexibility index (Phi) is 4.29. The number of rotatable bonds is 5. The van der Waals surface area contributed by atoms with Crippen molar-refractivity contribution in [3.05, 3.63) is 12.0 Å². The van der Waals surface area contributed by atoms with Gasteiger partial charge in [0, 0.05) is 19.3 Å². The van der Waals surface area contributed by atoms with E-state index >= 15 is 0 Å². The molecule has 1 aromatic rings. The zero-order valence-electron chi connectivity index (χ0n) is 10.5. The SMILES string of the molecule is Cc1nc(S(=O)(=O)N[C@H](CO)C(C)C)cn1C. The maximum absolute atomic E-state index is 12.0.